The Labute approximate surface area is 122 Å². The Kier molecular flexibility index (Phi) is 5.99. The van der Waals surface area contributed by atoms with Crippen molar-refractivity contribution in [1.29, 1.82) is 0 Å². The Morgan fingerprint density at radius 2 is 1.89 bits per heavy atom. The molecule has 2 nitrogen and oxygen atoms in total. The number of nitrogens with zero attached hydrogens (tertiary/aromatic N) is 1. The average Bonchev–Trinajstić information content (AvgIpc) is 2.68. The third kappa shape index (κ3) is 4.12. The zero-order valence-corrected chi connectivity index (χ0v) is 12.7. The van der Waals surface area contributed by atoms with Crippen LogP contribution in [0.5, 0.6) is 0 Å². The molecule has 0 aliphatic carbocycles. The minimum Gasteiger partial charge on any atom is -0.370 e. The number of para-hydroxylation sites is 1. The van der Waals surface area contributed by atoms with Crippen molar-refractivity contribution in [3.05, 3.63) is 28.8 Å². The van der Waals surface area contributed by atoms with Gasteiger partial charge in [-0.15, -0.1) is 0 Å². The van der Waals surface area contributed by atoms with Crippen molar-refractivity contribution in [2.45, 2.75) is 45.6 Å². The van der Waals surface area contributed by atoms with E-state index in [9.17, 15) is 0 Å². The van der Waals surface area contributed by atoms with E-state index in [0.717, 1.165) is 31.2 Å². The summed E-state index contributed by atoms with van der Waals surface area (Å²) in [5.41, 5.74) is 2.59. The first-order valence-electron chi connectivity index (χ1n) is 7.56. The van der Waals surface area contributed by atoms with E-state index in [0.29, 0.717) is 0 Å². The highest BCUT2D eigenvalue weighted by Crippen LogP contribution is 2.31. The Morgan fingerprint density at radius 1 is 1.16 bits per heavy atom. The van der Waals surface area contributed by atoms with Gasteiger partial charge in [0, 0.05) is 19.6 Å². The molecule has 106 valence electrons. The fraction of sp³-hybridized carbons (Fsp3) is 0.625. The summed E-state index contributed by atoms with van der Waals surface area (Å²) in [6, 6.07) is 6.28. The van der Waals surface area contributed by atoms with Gasteiger partial charge in [-0.3, -0.25) is 0 Å². The number of benzene rings is 1. The van der Waals surface area contributed by atoms with Crippen LogP contribution in [0, 0.1) is 0 Å². The monoisotopic (exact) mass is 280 g/mol. The summed E-state index contributed by atoms with van der Waals surface area (Å²) in [7, 11) is 0. The third-order valence-electron chi connectivity index (χ3n) is 3.73. The molecule has 19 heavy (non-hydrogen) atoms. The van der Waals surface area contributed by atoms with Gasteiger partial charge in [-0.25, -0.2) is 0 Å². The summed E-state index contributed by atoms with van der Waals surface area (Å²) in [5.74, 6) is 0. The van der Waals surface area contributed by atoms with Crippen LogP contribution in [0.1, 0.15) is 44.6 Å². The van der Waals surface area contributed by atoms with Gasteiger partial charge in [0.25, 0.3) is 0 Å². The van der Waals surface area contributed by atoms with Crippen LogP contribution in [-0.4, -0.2) is 19.6 Å². The van der Waals surface area contributed by atoms with Crippen LogP contribution in [0.25, 0.3) is 0 Å². The topological polar surface area (TPSA) is 15.3 Å². The quantitative estimate of drug-likeness (QED) is 0.813. The van der Waals surface area contributed by atoms with Crippen molar-refractivity contribution in [3.63, 3.8) is 0 Å². The van der Waals surface area contributed by atoms with Crippen molar-refractivity contribution >= 4 is 17.3 Å². The van der Waals surface area contributed by atoms with Gasteiger partial charge < -0.3 is 10.2 Å². The first-order chi connectivity index (χ1) is 9.33. The van der Waals surface area contributed by atoms with E-state index in [2.05, 4.69) is 29.3 Å². The van der Waals surface area contributed by atoms with E-state index in [1.165, 1.54) is 43.4 Å². The summed E-state index contributed by atoms with van der Waals surface area (Å²) in [6.07, 6.45) is 6.44. The molecule has 1 saturated heterocycles. The molecule has 0 spiro atoms. The number of halogens is 1. The Balaban J connectivity index is 2.15. The second-order valence-electron chi connectivity index (χ2n) is 5.33. The van der Waals surface area contributed by atoms with Gasteiger partial charge in [0.1, 0.15) is 0 Å². The van der Waals surface area contributed by atoms with Crippen molar-refractivity contribution in [2.75, 3.05) is 24.5 Å². The first kappa shape index (κ1) is 14.7. The smallest absolute Gasteiger partial charge is 0.0642 e. The van der Waals surface area contributed by atoms with E-state index in [-0.39, 0.29) is 0 Å². The molecule has 1 aliphatic heterocycles. The van der Waals surface area contributed by atoms with Gasteiger partial charge in [0.15, 0.2) is 0 Å². The van der Waals surface area contributed by atoms with Crippen LogP contribution >= 0.6 is 11.6 Å². The second-order valence-corrected chi connectivity index (χ2v) is 5.73. The Hall–Kier alpha value is -0.730. The van der Waals surface area contributed by atoms with Gasteiger partial charge in [0.2, 0.25) is 0 Å². The van der Waals surface area contributed by atoms with E-state index in [4.69, 9.17) is 11.6 Å². The highest BCUT2D eigenvalue weighted by Gasteiger charge is 2.16. The molecular weight excluding hydrogens is 256 g/mol. The first-order valence-corrected chi connectivity index (χ1v) is 7.93. The molecule has 2 rings (SSSR count). The molecule has 0 atom stereocenters. The number of anilines is 1. The third-order valence-corrected chi connectivity index (χ3v) is 4.04. The van der Waals surface area contributed by atoms with E-state index in [1.54, 1.807) is 0 Å². The average molecular weight is 281 g/mol. The van der Waals surface area contributed by atoms with Gasteiger partial charge in [-0.2, -0.15) is 0 Å². The normalized spacial score (nSPS) is 16.4. The highest BCUT2D eigenvalue weighted by molar-refractivity contribution is 6.33. The number of hydrogen-bond donors (Lipinski definition) is 1. The largest absolute Gasteiger partial charge is 0.370 e. The van der Waals surface area contributed by atoms with Gasteiger partial charge in [-0.1, -0.05) is 43.5 Å². The zero-order chi connectivity index (χ0) is 13.5. The van der Waals surface area contributed by atoms with Gasteiger partial charge >= 0.3 is 0 Å². The van der Waals surface area contributed by atoms with Crippen molar-refractivity contribution in [1.82, 2.24) is 5.32 Å². The number of nitrogens with one attached hydrogen (secondary N) is 1. The van der Waals surface area contributed by atoms with Crippen LogP contribution in [0.4, 0.5) is 5.69 Å². The van der Waals surface area contributed by atoms with Crippen molar-refractivity contribution < 1.29 is 0 Å². The van der Waals surface area contributed by atoms with E-state index < -0.39 is 0 Å². The minimum atomic E-state index is 0.901. The predicted molar refractivity (Wildman–Crippen MR) is 84.1 cm³/mol. The van der Waals surface area contributed by atoms with Crippen LogP contribution in [0.2, 0.25) is 5.02 Å². The second kappa shape index (κ2) is 7.76. The lowest BCUT2D eigenvalue weighted by Gasteiger charge is -2.26. The molecule has 0 aromatic heterocycles. The SMILES string of the molecule is CCCNCc1cccc(Cl)c1N1CCCCCC1. The molecule has 1 aliphatic rings. The Morgan fingerprint density at radius 3 is 2.58 bits per heavy atom. The van der Waals surface area contributed by atoms with Gasteiger partial charge in [0.05, 0.1) is 10.7 Å². The molecule has 1 aromatic carbocycles. The maximum Gasteiger partial charge on any atom is 0.0642 e. The van der Waals surface area contributed by atoms with Crippen LogP contribution < -0.4 is 10.2 Å². The van der Waals surface area contributed by atoms with Gasteiger partial charge in [-0.05, 0) is 37.4 Å². The molecule has 1 heterocycles. The summed E-state index contributed by atoms with van der Waals surface area (Å²) in [5, 5.41) is 4.39. The van der Waals surface area contributed by atoms with Crippen molar-refractivity contribution in [3.8, 4) is 0 Å². The molecule has 3 heteroatoms. The summed E-state index contributed by atoms with van der Waals surface area (Å²) < 4.78 is 0. The lowest BCUT2D eigenvalue weighted by molar-refractivity contribution is 0.671. The molecule has 0 saturated carbocycles. The minimum absolute atomic E-state index is 0.901. The Bertz CT molecular complexity index is 384. The predicted octanol–water partition coefficient (Wildman–Crippen LogP) is 4.22. The van der Waals surface area contributed by atoms with Crippen LogP contribution in [-0.2, 0) is 6.54 Å². The molecule has 1 aromatic rings. The maximum atomic E-state index is 6.46. The van der Waals surface area contributed by atoms with Crippen molar-refractivity contribution in [2.24, 2.45) is 0 Å². The number of hydrogen-bond acceptors (Lipinski definition) is 2. The number of rotatable bonds is 5. The lowest BCUT2D eigenvalue weighted by atomic mass is 10.1. The van der Waals surface area contributed by atoms with Crippen LogP contribution in [0.3, 0.4) is 0 Å². The van der Waals surface area contributed by atoms with E-state index >= 15 is 0 Å². The summed E-state index contributed by atoms with van der Waals surface area (Å²) in [6.45, 7) is 6.46. The fourth-order valence-electron chi connectivity index (χ4n) is 2.75. The van der Waals surface area contributed by atoms with E-state index in [1.807, 2.05) is 6.07 Å². The molecule has 0 radical (unpaired) electrons. The molecule has 1 N–H and O–H groups in total. The molecular formula is C16H25ClN2. The maximum absolute atomic E-state index is 6.46. The molecule has 0 bridgehead atoms. The molecule has 0 unspecified atom stereocenters. The standard InChI is InChI=1S/C16H25ClN2/c1-2-10-18-13-14-8-7-9-15(17)16(14)19-11-5-3-4-6-12-19/h7-9,18H,2-6,10-13H2,1H3. The highest BCUT2D eigenvalue weighted by atomic mass is 35.5. The lowest BCUT2D eigenvalue weighted by Crippen LogP contribution is -2.26. The van der Waals surface area contributed by atoms with Crippen LogP contribution in [0.15, 0.2) is 18.2 Å². The fourth-order valence-corrected chi connectivity index (χ4v) is 3.06. The summed E-state index contributed by atoms with van der Waals surface area (Å²) >= 11 is 6.46. The molecule has 1 fully saturated rings. The zero-order valence-electron chi connectivity index (χ0n) is 11.9. The molecule has 0 amide bonds. The summed E-state index contributed by atoms with van der Waals surface area (Å²) in [4.78, 5) is 2.48.